The highest BCUT2D eigenvalue weighted by Crippen LogP contribution is 2.37. The second-order valence-electron chi connectivity index (χ2n) is 13.0. The molecule has 0 atom stereocenters. The molecule has 50 heavy (non-hydrogen) atoms. The van der Waals surface area contributed by atoms with Gasteiger partial charge in [-0.25, -0.2) is 9.59 Å². The molecule has 4 aromatic carbocycles. The number of ether oxygens (including phenoxy) is 2. The number of carbonyl (C=O) groups is 2. The zero-order valence-electron chi connectivity index (χ0n) is 27.7. The average Bonchev–Trinajstić information content (AvgIpc) is 3.76. The monoisotopic (exact) mass is 662 g/mol. The lowest BCUT2D eigenvalue weighted by molar-refractivity contribution is -0.156. The third kappa shape index (κ3) is 6.63. The van der Waals surface area contributed by atoms with Crippen LogP contribution >= 0.6 is 0 Å². The van der Waals surface area contributed by atoms with Gasteiger partial charge in [-0.1, -0.05) is 97.1 Å². The molecule has 0 aliphatic carbocycles. The fourth-order valence-corrected chi connectivity index (χ4v) is 7.24. The molecule has 0 spiro atoms. The minimum atomic E-state index is -1.08. The highest BCUT2D eigenvalue weighted by molar-refractivity contribution is 6.31. The van der Waals surface area contributed by atoms with Crippen molar-refractivity contribution < 1.29 is 19.1 Å². The number of hydrogen-bond donors (Lipinski definition) is 2. The van der Waals surface area contributed by atoms with Crippen LogP contribution in [0, 0.1) is 0 Å². The molecule has 2 aromatic heterocycles. The van der Waals surface area contributed by atoms with Gasteiger partial charge in [0.05, 0.1) is 0 Å². The molecule has 0 saturated carbocycles. The number of H-pyrrole nitrogens is 2. The Morgan fingerprint density at radius 3 is 1.44 bits per heavy atom. The zero-order chi connectivity index (χ0) is 33.9. The molecular formula is C42H38N4O4. The Morgan fingerprint density at radius 1 is 0.560 bits per heavy atom. The van der Waals surface area contributed by atoms with Crippen LogP contribution in [0.25, 0.3) is 33.0 Å². The summed E-state index contributed by atoms with van der Waals surface area (Å²) >= 11 is 0. The maximum Gasteiger partial charge on any atom is 0.423 e. The summed E-state index contributed by atoms with van der Waals surface area (Å²) in [6.07, 6.45) is 9.59. The number of nitrogens with zero attached hydrogens (tertiary/aromatic N) is 2. The van der Waals surface area contributed by atoms with E-state index >= 15 is 0 Å². The fourth-order valence-electron chi connectivity index (χ4n) is 7.24. The predicted octanol–water partition coefficient (Wildman–Crippen LogP) is 7.74. The van der Waals surface area contributed by atoms with Gasteiger partial charge in [-0.2, -0.15) is 0 Å². The minimum Gasteiger partial charge on any atom is -0.416 e. The van der Waals surface area contributed by atoms with E-state index in [0.717, 1.165) is 96.2 Å². The van der Waals surface area contributed by atoms with Crippen LogP contribution in [0.5, 0.6) is 11.5 Å². The van der Waals surface area contributed by atoms with Crippen LogP contribution < -0.4 is 9.47 Å². The van der Waals surface area contributed by atoms with Crippen LogP contribution in [0.15, 0.2) is 122 Å². The SMILES string of the molecule is O=C(Oc1c[nH]c2cccc(C3=CCCN(Cc4ccccc4)C3)c12)C(=O)Oc1c[nH]c2cccc(C3=CCCN(Cc4ccccc4)C3)c12. The first-order valence-corrected chi connectivity index (χ1v) is 17.1. The quantitative estimate of drug-likeness (QED) is 0.128. The van der Waals surface area contributed by atoms with Gasteiger partial charge in [-0.05, 0) is 58.4 Å². The van der Waals surface area contributed by atoms with Gasteiger partial charge in [-0.3, -0.25) is 9.80 Å². The number of hydrogen-bond acceptors (Lipinski definition) is 6. The number of aromatic nitrogens is 2. The van der Waals surface area contributed by atoms with Crippen molar-refractivity contribution in [2.45, 2.75) is 25.9 Å². The van der Waals surface area contributed by atoms with Crippen molar-refractivity contribution in [2.75, 3.05) is 26.2 Å². The first-order chi connectivity index (χ1) is 24.6. The third-order valence-corrected chi connectivity index (χ3v) is 9.56. The summed E-state index contributed by atoms with van der Waals surface area (Å²) in [4.78, 5) is 37.9. The summed E-state index contributed by atoms with van der Waals surface area (Å²) < 4.78 is 11.5. The molecule has 0 fully saturated rings. The number of aromatic amines is 2. The predicted molar refractivity (Wildman–Crippen MR) is 196 cm³/mol. The molecule has 2 N–H and O–H groups in total. The molecule has 2 aliphatic rings. The molecule has 0 unspecified atom stereocenters. The van der Waals surface area contributed by atoms with E-state index in [1.54, 1.807) is 12.4 Å². The Balaban J connectivity index is 0.993. The van der Waals surface area contributed by atoms with E-state index < -0.39 is 11.9 Å². The van der Waals surface area contributed by atoms with Crippen LogP contribution in [0.1, 0.15) is 35.1 Å². The Morgan fingerprint density at radius 2 is 1.00 bits per heavy atom. The fraction of sp³-hybridized carbons (Fsp3) is 0.190. The Labute approximate surface area is 290 Å². The van der Waals surface area contributed by atoms with Crippen molar-refractivity contribution in [3.05, 3.63) is 144 Å². The second-order valence-corrected chi connectivity index (χ2v) is 13.0. The van der Waals surface area contributed by atoms with Gasteiger partial charge in [0.15, 0.2) is 11.5 Å². The minimum absolute atomic E-state index is 0.295. The molecule has 8 rings (SSSR count). The number of carbonyl (C=O) groups excluding carboxylic acids is 2. The Hall–Kier alpha value is -5.70. The van der Waals surface area contributed by atoms with Gasteiger partial charge >= 0.3 is 11.9 Å². The van der Waals surface area contributed by atoms with E-state index in [2.05, 4.69) is 80.5 Å². The topological polar surface area (TPSA) is 90.7 Å². The van der Waals surface area contributed by atoms with Gasteiger partial charge < -0.3 is 19.4 Å². The molecule has 0 saturated heterocycles. The van der Waals surface area contributed by atoms with E-state index in [0.29, 0.717) is 11.5 Å². The van der Waals surface area contributed by atoms with Crippen molar-refractivity contribution >= 4 is 44.9 Å². The number of nitrogens with one attached hydrogen (secondary N) is 2. The molecule has 8 nitrogen and oxygen atoms in total. The first-order valence-electron chi connectivity index (χ1n) is 17.1. The van der Waals surface area contributed by atoms with E-state index in [1.165, 1.54) is 11.1 Å². The van der Waals surface area contributed by atoms with Crippen LogP contribution in [0.4, 0.5) is 0 Å². The summed E-state index contributed by atoms with van der Waals surface area (Å²) in [7, 11) is 0. The number of fused-ring (bicyclic) bond motifs is 2. The van der Waals surface area contributed by atoms with E-state index in [1.807, 2.05) is 48.5 Å². The maximum absolute atomic E-state index is 13.3. The third-order valence-electron chi connectivity index (χ3n) is 9.56. The van der Waals surface area contributed by atoms with E-state index in [4.69, 9.17) is 9.47 Å². The lowest BCUT2D eigenvalue weighted by atomic mass is 9.97. The molecule has 8 heteroatoms. The van der Waals surface area contributed by atoms with Crippen LogP contribution in [0.3, 0.4) is 0 Å². The number of benzene rings is 4. The van der Waals surface area contributed by atoms with Gasteiger partial charge in [0.2, 0.25) is 0 Å². The van der Waals surface area contributed by atoms with Crippen molar-refractivity contribution in [3.63, 3.8) is 0 Å². The summed E-state index contributed by atoms with van der Waals surface area (Å²) in [6, 6.07) is 32.8. The van der Waals surface area contributed by atoms with Crippen LogP contribution in [-0.4, -0.2) is 57.9 Å². The van der Waals surface area contributed by atoms with E-state index in [-0.39, 0.29) is 0 Å². The highest BCUT2D eigenvalue weighted by atomic mass is 16.6. The number of esters is 2. The van der Waals surface area contributed by atoms with Crippen LogP contribution in [-0.2, 0) is 22.7 Å². The number of rotatable bonds is 8. The smallest absolute Gasteiger partial charge is 0.416 e. The van der Waals surface area contributed by atoms with Crippen molar-refractivity contribution in [3.8, 4) is 11.5 Å². The Kier molecular flexibility index (Phi) is 8.86. The Bertz CT molecular complexity index is 2070. The molecule has 6 aromatic rings. The maximum atomic E-state index is 13.3. The van der Waals surface area contributed by atoms with Crippen molar-refractivity contribution in [1.29, 1.82) is 0 Å². The molecule has 2 aliphatic heterocycles. The van der Waals surface area contributed by atoms with Gasteiger partial charge in [0, 0.05) is 73.5 Å². The normalized spacial score (nSPS) is 15.5. The lowest BCUT2D eigenvalue weighted by Gasteiger charge is -2.28. The largest absolute Gasteiger partial charge is 0.423 e. The van der Waals surface area contributed by atoms with Gasteiger partial charge in [0.1, 0.15) is 0 Å². The second kappa shape index (κ2) is 14.0. The standard InChI is InChI=1S/C42H38N4O4/c47-41(49-37-23-43-35-19-7-17-33(39(35)37)31-15-9-21-45(27-31)25-29-11-3-1-4-12-29)42(48)50-38-24-44-36-20-8-18-34(40(36)38)32-16-10-22-46(28-32)26-30-13-5-2-6-14-30/h1-8,11-20,23-24,43-44H,9-10,21-22,25-28H2. The molecule has 0 amide bonds. The summed E-state index contributed by atoms with van der Waals surface area (Å²) in [5.74, 6) is -1.57. The average molecular weight is 663 g/mol. The first kappa shape index (κ1) is 31.6. The highest BCUT2D eigenvalue weighted by Gasteiger charge is 2.26. The zero-order valence-corrected chi connectivity index (χ0v) is 27.7. The van der Waals surface area contributed by atoms with Crippen molar-refractivity contribution in [2.24, 2.45) is 0 Å². The summed E-state index contributed by atoms with van der Waals surface area (Å²) in [5, 5.41) is 1.53. The van der Waals surface area contributed by atoms with Gasteiger partial charge in [-0.15, -0.1) is 0 Å². The van der Waals surface area contributed by atoms with E-state index in [9.17, 15) is 9.59 Å². The molecule has 4 heterocycles. The summed E-state index contributed by atoms with van der Waals surface area (Å²) in [6.45, 7) is 5.17. The molecule has 0 radical (unpaired) electrons. The molecule has 0 bridgehead atoms. The van der Waals surface area contributed by atoms with Crippen LogP contribution in [0.2, 0.25) is 0 Å². The summed E-state index contributed by atoms with van der Waals surface area (Å²) in [5.41, 5.74) is 8.44. The van der Waals surface area contributed by atoms with Crippen molar-refractivity contribution in [1.82, 2.24) is 19.8 Å². The lowest BCUT2D eigenvalue weighted by Crippen LogP contribution is -2.29. The molecule has 250 valence electrons. The molecular weight excluding hydrogens is 624 g/mol. The van der Waals surface area contributed by atoms with Gasteiger partial charge in [0.25, 0.3) is 0 Å².